The number of benzene rings is 1. The maximum absolute atomic E-state index is 6.11. The number of nitrogen functional groups attached to an aromatic ring is 1. The monoisotopic (exact) mass is 277 g/mol. The third kappa shape index (κ3) is 3.23. The molecule has 2 N–H and O–H groups in total. The number of anilines is 1. The molecule has 102 valence electrons. The van der Waals surface area contributed by atoms with Crippen LogP contribution in [0.4, 0.5) is 5.13 Å². The minimum atomic E-state index is -0.0882. The SMILES string of the molecule is CCC(Oc1ccccc1C(C)C)c1nnc(N)s1. The van der Waals surface area contributed by atoms with Gasteiger partial charge in [0.05, 0.1) is 0 Å². The zero-order chi connectivity index (χ0) is 13.8. The molecular formula is C14H19N3OS. The van der Waals surface area contributed by atoms with Crippen molar-refractivity contribution in [3.8, 4) is 5.75 Å². The first kappa shape index (κ1) is 13.8. The topological polar surface area (TPSA) is 61.0 Å². The van der Waals surface area contributed by atoms with Crippen molar-refractivity contribution in [2.45, 2.75) is 39.2 Å². The van der Waals surface area contributed by atoms with E-state index < -0.39 is 0 Å². The van der Waals surface area contributed by atoms with Crippen molar-refractivity contribution in [3.05, 3.63) is 34.8 Å². The van der Waals surface area contributed by atoms with Crippen molar-refractivity contribution in [3.63, 3.8) is 0 Å². The lowest BCUT2D eigenvalue weighted by molar-refractivity contribution is 0.197. The van der Waals surface area contributed by atoms with Crippen LogP contribution in [0.1, 0.15) is 49.8 Å². The van der Waals surface area contributed by atoms with Crippen molar-refractivity contribution in [1.29, 1.82) is 0 Å². The van der Waals surface area contributed by atoms with Crippen molar-refractivity contribution >= 4 is 16.5 Å². The Morgan fingerprint density at radius 1 is 1.26 bits per heavy atom. The summed E-state index contributed by atoms with van der Waals surface area (Å²) in [7, 11) is 0. The fraction of sp³-hybridized carbons (Fsp3) is 0.429. The van der Waals surface area contributed by atoms with Gasteiger partial charge in [-0.15, -0.1) is 10.2 Å². The van der Waals surface area contributed by atoms with E-state index in [1.165, 1.54) is 16.9 Å². The van der Waals surface area contributed by atoms with Gasteiger partial charge in [-0.25, -0.2) is 0 Å². The molecule has 0 spiro atoms. The number of ether oxygens (including phenoxy) is 1. The molecule has 1 unspecified atom stereocenters. The fourth-order valence-corrected chi connectivity index (χ4v) is 2.63. The molecule has 0 aliphatic rings. The first-order valence-corrected chi connectivity index (χ1v) is 7.28. The molecule has 0 aliphatic carbocycles. The largest absolute Gasteiger partial charge is 0.483 e. The van der Waals surface area contributed by atoms with Crippen LogP contribution in [0.2, 0.25) is 0 Å². The Labute approximate surface area is 117 Å². The Morgan fingerprint density at radius 2 is 2.00 bits per heavy atom. The lowest BCUT2D eigenvalue weighted by Gasteiger charge is -2.19. The van der Waals surface area contributed by atoms with Crippen LogP contribution in [0, 0.1) is 0 Å². The number of hydrogen-bond acceptors (Lipinski definition) is 5. The summed E-state index contributed by atoms with van der Waals surface area (Å²) in [6.07, 6.45) is 0.746. The Balaban J connectivity index is 2.23. The summed E-state index contributed by atoms with van der Waals surface area (Å²) < 4.78 is 6.11. The van der Waals surface area contributed by atoms with Crippen molar-refractivity contribution in [1.82, 2.24) is 10.2 Å². The van der Waals surface area contributed by atoms with Crippen molar-refractivity contribution < 1.29 is 4.74 Å². The van der Waals surface area contributed by atoms with Gasteiger partial charge in [-0.2, -0.15) is 0 Å². The van der Waals surface area contributed by atoms with E-state index in [-0.39, 0.29) is 6.10 Å². The first-order chi connectivity index (χ1) is 9.11. The molecule has 1 atom stereocenters. The first-order valence-electron chi connectivity index (χ1n) is 6.46. The van der Waals surface area contributed by atoms with Gasteiger partial charge in [0.15, 0.2) is 11.1 Å². The summed E-state index contributed by atoms with van der Waals surface area (Å²) >= 11 is 1.38. The second-order valence-electron chi connectivity index (χ2n) is 4.69. The number of nitrogens with zero attached hydrogens (tertiary/aromatic N) is 2. The standard InChI is InChI=1S/C14H19N3OS/c1-4-11(13-16-17-14(15)19-13)18-12-8-6-5-7-10(12)9(2)3/h5-9,11H,4H2,1-3H3,(H2,15,17). The maximum atomic E-state index is 6.11. The predicted octanol–water partition coefficient (Wildman–Crippen LogP) is 3.77. The summed E-state index contributed by atoms with van der Waals surface area (Å²) in [6.45, 7) is 6.39. The van der Waals surface area contributed by atoms with Crippen LogP contribution < -0.4 is 10.5 Å². The summed E-state index contributed by atoms with van der Waals surface area (Å²) in [4.78, 5) is 0. The van der Waals surface area contributed by atoms with E-state index in [9.17, 15) is 0 Å². The van der Waals surface area contributed by atoms with Gasteiger partial charge in [0, 0.05) is 0 Å². The van der Waals surface area contributed by atoms with Gasteiger partial charge in [-0.05, 0) is 24.0 Å². The molecule has 5 heteroatoms. The molecule has 1 heterocycles. The van der Waals surface area contributed by atoms with E-state index in [4.69, 9.17) is 10.5 Å². The Hall–Kier alpha value is -1.62. The molecule has 0 aliphatic heterocycles. The second kappa shape index (κ2) is 6.02. The van der Waals surface area contributed by atoms with Gasteiger partial charge >= 0.3 is 0 Å². The highest BCUT2D eigenvalue weighted by Crippen LogP contribution is 2.32. The second-order valence-corrected chi connectivity index (χ2v) is 5.73. The van der Waals surface area contributed by atoms with Crippen molar-refractivity contribution in [2.24, 2.45) is 0 Å². The molecule has 1 aromatic carbocycles. The zero-order valence-electron chi connectivity index (χ0n) is 11.5. The number of para-hydroxylation sites is 1. The van der Waals surface area contributed by atoms with Gasteiger partial charge < -0.3 is 10.5 Å². The number of aromatic nitrogens is 2. The molecule has 2 rings (SSSR count). The molecule has 4 nitrogen and oxygen atoms in total. The van der Waals surface area contributed by atoms with Gasteiger partial charge in [0.1, 0.15) is 5.75 Å². The van der Waals surface area contributed by atoms with Crippen molar-refractivity contribution in [2.75, 3.05) is 5.73 Å². The third-order valence-electron chi connectivity index (χ3n) is 2.91. The van der Waals surface area contributed by atoms with E-state index in [1.807, 2.05) is 18.2 Å². The Bertz CT molecular complexity index is 539. The highest BCUT2D eigenvalue weighted by Gasteiger charge is 2.18. The number of rotatable bonds is 5. The van der Waals surface area contributed by atoms with E-state index in [0.717, 1.165) is 17.2 Å². The van der Waals surface area contributed by atoms with Crippen LogP contribution in [-0.4, -0.2) is 10.2 Å². The molecule has 0 radical (unpaired) electrons. The quantitative estimate of drug-likeness (QED) is 0.903. The van der Waals surface area contributed by atoms with Crippen LogP contribution in [0.25, 0.3) is 0 Å². The number of nitrogens with two attached hydrogens (primary N) is 1. The maximum Gasteiger partial charge on any atom is 0.203 e. The van der Waals surface area contributed by atoms with Crippen LogP contribution in [0.15, 0.2) is 24.3 Å². The average molecular weight is 277 g/mol. The van der Waals surface area contributed by atoms with E-state index >= 15 is 0 Å². The van der Waals surface area contributed by atoms with Crippen LogP contribution in [-0.2, 0) is 0 Å². The van der Waals surface area contributed by atoms with Crippen LogP contribution in [0.3, 0.4) is 0 Å². The van der Waals surface area contributed by atoms with E-state index in [1.54, 1.807) is 0 Å². The summed E-state index contributed by atoms with van der Waals surface area (Å²) in [5, 5.41) is 9.24. The van der Waals surface area contributed by atoms with E-state index in [0.29, 0.717) is 11.0 Å². The predicted molar refractivity (Wildman–Crippen MR) is 78.5 cm³/mol. The molecule has 19 heavy (non-hydrogen) atoms. The number of hydrogen-bond donors (Lipinski definition) is 1. The van der Waals surface area contributed by atoms with Gasteiger partial charge in [0.2, 0.25) is 5.13 Å². The van der Waals surface area contributed by atoms with Crippen LogP contribution in [0.5, 0.6) is 5.75 Å². The highest BCUT2D eigenvalue weighted by atomic mass is 32.1. The lowest BCUT2D eigenvalue weighted by Crippen LogP contribution is -2.08. The molecule has 0 saturated heterocycles. The van der Waals surface area contributed by atoms with Crippen LogP contribution >= 0.6 is 11.3 Å². The molecule has 1 aromatic heterocycles. The molecule has 0 fully saturated rings. The fourth-order valence-electron chi connectivity index (χ4n) is 1.90. The van der Waals surface area contributed by atoms with Gasteiger partial charge in [-0.1, -0.05) is 50.3 Å². The molecule has 0 bridgehead atoms. The zero-order valence-corrected chi connectivity index (χ0v) is 12.3. The minimum Gasteiger partial charge on any atom is -0.483 e. The molecular weight excluding hydrogens is 258 g/mol. The summed E-state index contributed by atoms with van der Waals surface area (Å²) in [5.41, 5.74) is 6.84. The molecule has 0 saturated carbocycles. The summed E-state index contributed by atoms with van der Waals surface area (Å²) in [5.74, 6) is 1.34. The van der Waals surface area contributed by atoms with E-state index in [2.05, 4.69) is 37.0 Å². The highest BCUT2D eigenvalue weighted by molar-refractivity contribution is 7.15. The van der Waals surface area contributed by atoms with Gasteiger partial charge in [0.25, 0.3) is 0 Å². The normalized spacial score (nSPS) is 12.6. The third-order valence-corrected chi connectivity index (χ3v) is 3.76. The summed E-state index contributed by atoms with van der Waals surface area (Å²) in [6, 6.07) is 8.12. The lowest BCUT2D eigenvalue weighted by atomic mass is 10.0. The smallest absolute Gasteiger partial charge is 0.203 e. The molecule has 0 amide bonds. The minimum absolute atomic E-state index is 0.0882. The average Bonchev–Trinajstić information content (AvgIpc) is 2.82. The van der Waals surface area contributed by atoms with Gasteiger partial charge in [-0.3, -0.25) is 0 Å². The molecule has 2 aromatic rings. The Morgan fingerprint density at radius 3 is 2.58 bits per heavy atom. The Kier molecular flexibility index (Phi) is 4.37.